The van der Waals surface area contributed by atoms with Crippen LogP contribution in [0.4, 0.5) is 0 Å². The number of halogens is 2. The average Bonchev–Trinajstić information content (AvgIpc) is 2.91. The van der Waals surface area contributed by atoms with Gasteiger partial charge in [0.15, 0.2) is 6.61 Å². The number of nitrogens with one attached hydrogen (secondary N) is 1. The molecule has 2 rings (SSSR count). The Morgan fingerprint density at radius 2 is 2.35 bits per heavy atom. The largest absolute Gasteiger partial charge is 0.483 e. The SMILES string of the molecule is O=C(COc1ccc(Cl)cc1Br)N/N=C/c1cccs1. The lowest BCUT2D eigenvalue weighted by Gasteiger charge is -2.07. The van der Waals surface area contributed by atoms with Gasteiger partial charge in [0.25, 0.3) is 5.91 Å². The first kappa shape index (κ1) is 15.0. The third-order valence-corrected chi connectivity index (χ3v) is 3.84. The van der Waals surface area contributed by atoms with E-state index in [1.807, 2.05) is 17.5 Å². The molecule has 0 aliphatic carbocycles. The predicted molar refractivity (Wildman–Crippen MR) is 84.7 cm³/mol. The van der Waals surface area contributed by atoms with Crippen molar-refractivity contribution in [1.29, 1.82) is 0 Å². The summed E-state index contributed by atoms with van der Waals surface area (Å²) < 4.78 is 6.05. The number of benzene rings is 1. The van der Waals surface area contributed by atoms with Crippen molar-refractivity contribution in [3.05, 3.63) is 50.1 Å². The van der Waals surface area contributed by atoms with Gasteiger partial charge >= 0.3 is 0 Å². The van der Waals surface area contributed by atoms with Crippen LogP contribution in [-0.4, -0.2) is 18.7 Å². The summed E-state index contributed by atoms with van der Waals surface area (Å²) in [6.07, 6.45) is 1.58. The van der Waals surface area contributed by atoms with Crippen LogP contribution in [-0.2, 0) is 4.79 Å². The van der Waals surface area contributed by atoms with Gasteiger partial charge in [-0.15, -0.1) is 11.3 Å². The van der Waals surface area contributed by atoms with Crippen molar-refractivity contribution in [2.45, 2.75) is 0 Å². The van der Waals surface area contributed by atoms with Crippen molar-refractivity contribution < 1.29 is 9.53 Å². The quantitative estimate of drug-likeness (QED) is 0.642. The molecule has 1 aromatic heterocycles. The molecule has 4 nitrogen and oxygen atoms in total. The number of amides is 1. The summed E-state index contributed by atoms with van der Waals surface area (Å²) in [5.74, 6) is 0.214. The minimum absolute atomic E-state index is 0.123. The van der Waals surface area contributed by atoms with Crippen LogP contribution >= 0.6 is 38.9 Å². The third-order valence-electron chi connectivity index (χ3n) is 2.18. The van der Waals surface area contributed by atoms with Crippen LogP contribution in [0.3, 0.4) is 0 Å². The summed E-state index contributed by atoms with van der Waals surface area (Å²) >= 11 is 10.7. The second-order valence-electron chi connectivity index (χ2n) is 3.67. The normalized spacial score (nSPS) is 10.7. The Hall–Kier alpha value is -1.37. The Kier molecular flexibility index (Phi) is 5.58. The zero-order valence-corrected chi connectivity index (χ0v) is 13.3. The fraction of sp³-hybridized carbons (Fsp3) is 0.0769. The molecule has 0 fully saturated rings. The van der Waals surface area contributed by atoms with E-state index in [4.69, 9.17) is 16.3 Å². The van der Waals surface area contributed by atoms with E-state index in [1.54, 1.807) is 24.4 Å². The highest BCUT2D eigenvalue weighted by atomic mass is 79.9. The fourth-order valence-electron chi connectivity index (χ4n) is 1.30. The number of hydrogen-bond donors (Lipinski definition) is 1. The van der Waals surface area contributed by atoms with E-state index < -0.39 is 0 Å². The maximum atomic E-state index is 11.5. The van der Waals surface area contributed by atoms with E-state index in [-0.39, 0.29) is 12.5 Å². The molecule has 0 saturated heterocycles. The first-order valence-electron chi connectivity index (χ1n) is 5.58. The summed E-state index contributed by atoms with van der Waals surface area (Å²) in [4.78, 5) is 12.5. The van der Waals surface area contributed by atoms with Crippen LogP contribution in [0.25, 0.3) is 0 Å². The predicted octanol–water partition coefficient (Wildman–Crippen LogP) is 3.69. The number of thiophene rings is 1. The first-order valence-corrected chi connectivity index (χ1v) is 7.63. The molecule has 7 heteroatoms. The lowest BCUT2D eigenvalue weighted by atomic mass is 10.3. The molecular formula is C13H10BrClN2O2S. The van der Waals surface area contributed by atoms with Gasteiger partial charge in [-0.05, 0) is 45.6 Å². The molecule has 1 amide bonds. The van der Waals surface area contributed by atoms with E-state index >= 15 is 0 Å². The molecule has 0 atom stereocenters. The fourth-order valence-corrected chi connectivity index (χ4v) is 2.68. The molecule has 0 saturated carbocycles. The van der Waals surface area contributed by atoms with Crippen LogP contribution in [0.1, 0.15) is 4.88 Å². The monoisotopic (exact) mass is 372 g/mol. The Morgan fingerprint density at radius 1 is 1.50 bits per heavy atom. The van der Waals surface area contributed by atoms with Gasteiger partial charge in [0.1, 0.15) is 5.75 Å². The van der Waals surface area contributed by atoms with Gasteiger partial charge in [-0.3, -0.25) is 4.79 Å². The number of nitrogens with zero attached hydrogens (tertiary/aromatic N) is 1. The molecule has 1 heterocycles. The van der Waals surface area contributed by atoms with E-state index in [2.05, 4.69) is 26.5 Å². The minimum Gasteiger partial charge on any atom is -0.483 e. The van der Waals surface area contributed by atoms with Gasteiger partial charge in [-0.2, -0.15) is 5.10 Å². The highest BCUT2D eigenvalue weighted by Gasteiger charge is 2.05. The topological polar surface area (TPSA) is 50.7 Å². The Morgan fingerprint density at radius 3 is 3.05 bits per heavy atom. The van der Waals surface area contributed by atoms with Crippen molar-refractivity contribution in [3.63, 3.8) is 0 Å². The Labute approximate surface area is 133 Å². The van der Waals surface area contributed by atoms with Gasteiger partial charge in [-0.25, -0.2) is 5.43 Å². The number of ether oxygens (including phenoxy) is 1. The summed E-state index contributed by atoms with van der Waals surface area (Å²) in [6, 6.07) is 8.89. The van der Waals surface area contributed by atoms with Gasteiger partial charge < -0.3 is 4.74 Å². The van der Waals surface area contributed by atoms with Crippen LogP contribution in [0, 0.1) is 0 Å². The molecule has 0 radical (unpaired) electrons. The van der Waals surface area contributed by atoms with Crippen LogP contribution in [0.5, 0.6) is 5.75 Å². The van der Waals surface area contributed by atoms with Crippen molar-refractivity contribution in [2.75, 3.05) is 6.61 Å². The van der Waals surface area contributed by atoms with E-state index in [9.17, 15) is 4.79 Å². The molecule has 0 spiro atoms. The van der Waals surface area contributed by atoms with Crippen molar-refractivity contribution in [3.8, 4) is 5.75 Å². The average molecular weight is 374 g/mol. The molecule has 0 unspecified atom stereocenters. The number of hydrogen-bond acceptors (Lipinski definition) is 4. The number of rotatable bonds is 5. The van der Waals surface area contributed by atoms with Gasteiger partial charge in [-0.1, -0.05) is 17.7 Å². The Bertz CT molecular complexity index is 617. The molecule has 2 aromatic rings. The van der Waals surface area contributed by atoms with E-state index in [0.29, 0.717) is 15.2 Å². The molecule has 1 N–H and O–H groups in total. The Balaban J connectivity index is 1.80. The van der Waals surface area contributed by atoms with Crippen molar-refractivity contribution in [2.24, 2.45) is 5.10 Å². The maximum absolute atomic E-state index is 11.5. The maximum Gasteiger partial charge on any atom is 0.277 e. The van der Waals surface area contributed by atoms with Crippen LogP contribution in [0.2, 0.25) is 5.02 Å². The molecule has 0 aliphatic rings. The van der Waals surface area contributed by atoms with Crippen molar-refractivity contribution in [1.82, 2.24) is 5.43 Å². The molecular weight excluding hydrogens is 364 g/mol. The molecule has 1 aromatic carbocycles. The second-order valence-corrected chi connectivity index (χ2v) is 5.94. The lowest BCUT2D eigenvalue weighted by molar-refractivity contribution is -0.123. The molecule has 20 heavy (non-hydrogen) atoms. The summed E-state index contributed by atoms with van der Waals surface area (Å²) in [5.41, 5.74) is 2.39. The standard InChI is InChI=1S/C13H10BrClN2O2S/c14-11-6-9(15)3-4-12(11)19-8-13(18)17-16-7-10-2-1-5-20-10/h1-7H,8H2,(H,17,18)/b16-7+. The summed E-state index contributed by atoms with van der Waals surface area (Å²) in [7, 11) is 0. The first-order chi connectivity index (χ1) is 9.65. The third kappa shape index (κ3) is 4.63. The van der Waals surface area contributed by atoms with Gasteiger partial charge in [0.2, 0.25) is 0 Å². The van der Waals surface area contributed by atoms with E-state index in [1.165, 1.54) is 11.3 Å². The molecule has 0 aliphatic heterocycles. The van der Waals surface area contributed by atoms with Gasteiger partial charge in [0, 0.05) is 9.90 Å². The second kappa shape index (κ2) is 7.42. The lowest BCUT2D eigenvalue weighted by Crippen LogP contribution is -2.24. The van der Waals surface area contributed by atoms with E-state index in [0.717, 1.165) is 4.88 Å². The smallest absolute Gasteiger partial charge is 0.277 e. The summed E-state index contributed by atoms with van der Waals surface area (Å²) in [6.45, 7) is -0.123. The molecule has 0 bridgehead atoms. The van der Waals surface area contributed by atoms with Crippen LogP contribution in [0.15, 0.2) is 45.3 Å². The number of hydrazone groups is 1. The van der Waals surface area contributed by atoms with Crippen LogP contribution < -0.4 is 10.2 Å². The number of carbonyl (C=O) groups excluding carboxylic acids is 1. The summed E-state index contributed by atoms with van der Waals surface area (Å²) in [5, 5.41) is 6.36. The number of carbonyl (C=O) groups is 1. The zero-order chi connectivity index (χ0) is 14.4. The molecule has 104 valence electrons. The highest BCUT2D eigenvalue weighted by molar-refractivity contribution is 9.10. The highest BCUT2D eigenvalue weighted by Crippen LogP contribution is 2.27. The van der Waals surface area contributed by atoms with Crippen molar-refractivity contribution >= 4 is 51.0 Å². The zero-order valence-electron chi connectivity index (χ0n) is 10.2. The van der Waals surface area contributed by atoms with Gasteiger partial charge in [0.05, 0.1) is 10.7 Å². The minimum atomic E-state index is -0.334.